The van der Waals surface area contributed by atoms with E-state index in [4.69, 9.17) is 0 Å². The van der Waals surface area contributed by atoms with Gasteiger partial charge in [0, 0.05) is 13.3 Å². The summed E-state index contributed by atoms with van der Waals surface area (Å²) in [5.41, 5.74) is 0.454. The van der Waals surface area contributed by atoms with Gasteiger partial charge in [0.2, 0.25) is 0 Å². The first-order chi connectivity index (χ1) is 7.09. The van der Waals surface area contributed by atoms with Crippen LogP contribution in [0.25, 0.3) is 0 Å². The summed E-state index contributed by atoms with van der Waals surface area (Å²) in [5.74, 6) is 0. The van der Waals surface area contributed by atoms with Crippen molar-refractivity contribution < 1.29 is 13.5 Å². The largest absolute Gasteiger partial charge is 0.385 e. The molecule has 0 saturated carbocycles. The zero-order chi connectivity index (χ0) is 12.7. The van der Waals surface area contributed by atoms with Gasteiger partial charge in [0.05, 0.1) is 21.1 Å². The molecule has 1 N–H and O–H groups in total. The van der Waals surface area contributed by atoms with Crippen molar-refractivity contribution in [3.8, 4) is 0 Å². The first-order valence-electron chi connectivity index (χ1n) is 4.64. The summed E-state index contributed by atoms with van der Waals surface area (Å²) in [6, 6.07) is 0. The number of hydrogen-bond donors (Lipinski definition) is 1. The van der Waals surface area contributed by atoms with Crippen molar-refractivity contribution in [2.45, 2.75) is 24.7 Å². The average molecular weight is 311 g/mol. The van der Waals surface area contributed by atoms with Crippen molar-refractivity contribution in [2.75, 3.05) is 6.26 Å². The normalized spacial score (nSPS) is 15.1. The van der Waals surface area contributed by atoms with Gasteiger partial charge in [-0.05, 0) is 29.8 Å². The predicted molar refractivity (Wildman–Crippen MR) is 64.8 cm³/mol. The first-order valence-corrected chi connectivity index (χ1v) is 7.32. The zero-order valence-electron chi connectivity index (χ0n) is 9.60. The van der Waals surface area contributed by atoms with Gasteiger partial charge >= 0.3 is 0 Å². The van der Waals surface area contributed by atoms with Gasteiger partial charge in [0.25, 0.3) is 0 Å². The van der Waals surface area contributed by atoms with Crippen molar-refractivity contribution in [1.29, 1.82) is 0 Å². The maximum atomic E-state index is 11.6. The highest BCUT2D eigenvalue weighted by Gasteiger charge is 2.41. The third-order valence-corrected chi connectivity index (χ3v) is 5.56. The Hall–Kier alpha value is -0.400. The molecule has 0 bridgehead atoms. The van der Waals surface area contributed by atoms with E-state index in [1.807, 2.05) is 0 Å². The van der Waals surface area contributed by atoms with Crippen LogP contribution in [0.1, 0.15) is 25.6 Å². The number of sulfone groups is 1. The van der Waals surface area contributed by atoms with Crippen LogP contribution in [0.2, 0.25) is 0 Å². The first kappa shape index (κ1) is 13.7. The third kappa shape index (κ3) is 2.16. The van der Waals surface area contributed by atoms with E-state index in [1.165, 1.54) is 24.7 Å². The van der Waals surface area contributed by atoms with Gasteiger partial charge in [-0.2, -0.15) is 5.10 Å². The van der Waals surface area contributed by atoms with Gasteiger partial charge in [-0.25, -0.2) is 8.42 Å². The van der Waals surface area contributed by atoms with Crippen molar-refractivity contribution in [3.05, 3.63) is 16.4 Å². The van der Waals surface area contributed by atoms with E-state index < -0.39 is 20.7 Å². The lowest BCUT2D eigenvalue weighted by Crippen LogP contribution is -2.38. The molecule has 92 valence electrons. The number of aryl methyl sites for hydroxylation is 1. The minimum absolute atomic E-state index is 0.454. The van der Waals surface area contributed by atoms with E-state index in [1.54, 1.807) is 7.05 Å². The van der Waals surface area contributed by atoms with Crippen molar-refractivity contribution in [1.82, 2.24) is 9.78 Å². The van der Waals surface area contributed by atoms with E-state index in [2.05, 4.69) is 21.0 Å². The number of nitrogens with zero attached hydrogens (tertiary/aromatic N) is 2. The van der Waals surface area contributed by atoms with Gasteiger partial charge in [0.1, 0.15) is 6.10 Å². The zero-order valence-corrected chi connectivity index (χ0v) is 12.0. The van der Waals surface area contributed by atoms with Crippen LogP contribution >= 0.6 is 15.9 Å². The molecular formula is C9H15BrN2O3S. The van der Waals surface area contributed by atoms with Crippen LogP contribution in [-0.4, -0.2) is 34.3 Å². The molecule has 0 radical (unpaired) electrons. The molecule has 0 aliphatic heterocycles. The summed E-state index contributed by atoms with van der Waals surface area (Å²) in [4.78, 5) is 0. The molecule has 1 unspecified atom stereocenters. The lowest BCUT2D eigenvalue weighted by atomic mass is 10.0. The molecule has 1 atom stereocenters. The summed E-state index contributed by atoms with van der Waals surface area (Å²) >= 11 is 3.24. The second-order valence-corrected chi connectivity index (χ2v) is 7.73. The smallest absolute Gasteiger partial charge is 0.155 e. The van der Waals surface area contributed by atoms with Crippen molar-refractivity contribution in [2.24, 2.45) is 7.05 Å². The predicted octanol–water partition coefficient (Wildman–Crippen LogP) is 1.04. The second kappa shape index (κ2) is 4.12. The minimum atomic E-state index is -3.37. The van der Waals surface area contributed by atoms with Gasteiger partial charge in [-0.1, -0.05) is 0 Å². The lowest BCUT2D eigenvalue weighted by Gasteiger charge is -2.28. The summed E-state index contributed by atoms with van der Waals surface area (Å²) in [5, 5.41) is 14.1. The monoisotopic (exact) mass is 310 g/mol. The molecule has 5 nitrogen and oxygen atoms in total. The maximum Gasteiger partial charge on any atom is 0.155 e. The number of halogens is 1. The molecule has 7 heteroatoms. The average Bonchev–Trinajstić information content (AvgIpc) is 2.43. The summed E-state index contributed by atoms with van der Waals surface area (Å²) in [7, 11) is -1.72. The fraction of sp³-hybridized carbons (Fsp3) is 0.667. The van der Waals surface area contributed by atoms with Crippen LogP contribution in [0.5, 0.6) is 0 Å². The molecule has 0 saturated heterocycles. The molecule has 1 aromatic heterocycles. The van der Waals surface area contributed by atoms with Crippen LogP contribution in [0, 0.1) is 0 Å². The van der Waals surface area contributed by atoms with Gasteiger partial charge in [-0.3, -0.25) is 4.68 Å². The summed E-state index contributed by atoms with van der Waals surface area (Å²) in [6.45, 7) is 2.99. The Balaban J connectivity index is 3.28. The highest BCUT2D eigenvalue weighted by atomic mass is 79.9. The molecule has 0 aliphatic rings. The van der Waals surface area contributed by atoms with E-state index in [-0.39, 0.29) is 0 Å². The maximum absolute atomic E-state index is 11.6. The van der Waals surface area contributed by atoms with Crippen LogP contribution in [0.3, 0.4) is 0 Å². The van der Waals surface area contributed by atoms with Crippen LogP contribution in [0.4, 0.5) is 0 Å². The Morgan fingerprint density at radius 1 is 1.56 bits per heavy atom. The topological polar surface area (TPSA) is 72.2 Å². The van der Waals surface area contributed by atoms with Crippen LogP contribution < -0.4 is 0 Å². The number of aliphatic hydroxyl groups is 1. The van der Waals surface area contributed by atoms with E-state index >= 15 is 0 Å². The molecule has 1 aromatic rings. The summed E-state index contributed by atoms with van der Waals surface area (Å²) in [6.07, 6.45) is 1.50. The van der Waals surface area contributed by atoms with E-state index in [9.17, 15) is 13.5 Å². The Morgan fingerprint density at radius 2 is 2.06 bits per heavy atom. The molecule has 1 heterocycles. The SMILES string of the molecule is Cn1ncc(Br)c1C(O)C(C)(C)S(C)(=O)=O. The molecule has 0 aromatic carbocycles. The number of rotatable bonds is 3. The Morgan fingerprint density at radius 3 is 2.38 bits per heavy atom. The van der Waals surface area contributed by atoms with E-state index in [0.29, 0.717) is 10.2 Å². The fourth-order valence-electron chi connectivity index (χ4n) is 1.26. The molecule has 1 rings (SSSR count). The number of aromatic nitrogens is 2. The van der Waals surface area contributed by atoms with Gasteiger partial charge in [0.15, 0.2) is 9.84 Å². The summed E-state index contributed by atoms with van der Waals surface area (Å²) < 4.78 is 24.0. The highest BCUT2D eigenvalue weighted by Crippen LogP contribution is 2.35. The second-order valence-electron chi connectivity index (χ2n) is 4.28. The van der Waals surface area contributed by atoms with Gasteiger partial charge < -0.3 is 5.11 Å². The van der Waals surface area contributed by atoms with E-state index in [0.717, 1.165) is 6.26 Å². The molecule has 0 fully saturated rings. The lowest BCUT2D eigenvalue weighted by molar-refractivity contribution is 0.130. The number of aliphatic hydroxyl groups excluding tert-OH is 1. The van der Waals surface area contributed by atoms with Crippen molar-refractivity contribution >= 4 is 25.8 Å². The van der Waals surface area contributed by atoms with Gasteiger partial charge in [-0.15, -0.1) is 0 Å². The Kier molecular flexibility index (Phi) is 3.52. The molecular weight excluding hydrogens is 296 g/mol. The third-order valence-electron chi connectivity index (χ3n) is 2.81. The van der Waals surface area contributed by atoms with Crippen molar-refractivity contribution in [3.63, 3.8) is 0 Å². The molecule has 0 aliphatic carbocycles. The molecule has 16 heavy (non-hydrogen) atoms. The quantitative estimate of drug-likeness (QED) is 0.905. The fourth-order valence-corrected chi connectivity index (χ4v) is 2.34. The molecule has 0 amide bonds. The molecule has 0 spiro atoms. The standard InChI is InChI=1S/C9H15BrN2O3S/c1-9(2,16(4,14)15)8(13)7-6(10)5-11-12(7)3/h5,8,13H,1-4H3. The Bertz CT molecular complexity index is 473. The highest BCUT2D eigenvalue weighted by molar-refractivity contribution is 9.10. The Labute approximate surface area is 104 Å². The minimum Gasteiger partial charge on any atom is -0.385 e. The number of hydrogen-bond acceptors (Lipinski definition) is 4. The van der Waals surface area contributed by atoms with Crippen LogP contribution in [-0.2, 0) is 16.9 Å². The van der Waals surface area contributed by atoms with Crippen LogP contribution in [0.15, 0.2) is 10.7 Å².